The SMILES string of the molecule is CCOc1ccccc1N1C(=O)[C@@H]2C3c4ccccc4C(Br)(c4ccccc43)[C@@H]2C1=O. The fourth-order valence-electron chi connectivity index (χ4n) is 5.84. The minimum absolute atomic E-state index is 0.141. The Morgan fingerprint density at radius 2 is 1.45 bits per heavy atom. The lowest BCUT2D eigenvalue weighted by molar-refractivity contribution is -0.122. The predicted molar refractivity (Wildman–Crippen MR) is 122 cm³/mol. The zero-order valence-corrected chi connectivity index (χ0v) is 18.5. The molecule has 0 saturated carbocycles. The Balaban J connectivity index is 1.59. The normalized spacial score (nSPS) is 27.7. The standard InChI is InChI=1S/C26H20BrNO3/c1-2-31-20-14-8-7-13-19(20)28-24(29)22-21-15-9-3-5-11-17(15)26(27,23(22)25(28)30)18-12-6-4-10-16(18)21/h3-14,21-23H,2H2,1H3/t21?,22-,23+,26?/m1/s1. The predicted octanol–water partition coefficient (Wildman–Crippen LogP) is 4.99. The van der Waals surface area contributed by atoms with Crippen LogP contribution in [-0.4, -0.2) is 18.4 Å². The van der Waals surface area contributed by atoms with E-state index in [1.807, 2.05) is 49.4 Å². The summed E-state index contributed by atoms with van der Waals surface area (Å²) in [7, 11) is 0. The van der Waals surface area contributed by atoms with Crippen LogP contribution in [0.25, 0.3) is 0 Å². The van der Waals surface area contributed by atoms with Crippen LogP contribution in [0, 0.1) is 11.8 Å². The van der Waals surface area contributed by atoms with Crippen molar-refractivity contribution >= 4 is 33.4 Å². The summed E-state index contributed by atoms with van der Waals surface area (Å²) in [5.41, 5.74) is 4.94. The molecule has 1 heterocycles. The molecule has 3 aromatic carbocycles. The molecule has 3 aromatic rings. The maximum atomic E-state index is 13.9. The van der Waals surface area contributed by atoms with Crippen molar-refractivity contribution in [3.63, 3.8) is 0 Å². The number of halogens is 1. The molecule has 154 valence electrons. The highest BCUT2D eigenvalue weighted by molar-refractivity contribution is 9.09. The molecule has 0 N–H and O–H groups in total. The second kappa shape index (κ2) is 6.54. The van der Waals surface area contributed by atoms with Gasteiger partial charge in [0.05, 0.1) is 28.5 Å². The van der Waals surface area contributed by atoms with E-state index < -0.39 is 16.2 Å². The van der Waals surface area contributed by atoms with Gasteiger partial charge in [-0.25, -0.2) is 4.90 Å². The van der Waals surface area contributed by atoms with Crippen LogP contribution < -0.4 is 9.64 Å². The van der Waals surface area contributed by atoms with Crippen molar-refractivity contribution < 1.29 is 14.3 Å². The van der Waals surface area contributed by atoms with Gasteiger partial charge in [-0.2, -0.15) is 0 Å². The molecule has 2 bridgehead atoms. The number of hydrogen-bond donors (Lipinski definition) is 0. The number of ether oxygens (including phenoxy) is 1. The Morgan fingerprint density at radius 1 is 0.871 bits per heavy atom. The Labute approximate surface area is 189 Å². The number of nitrogens with zero attached hydrogens (tertiary/aromatic N) is 1. The fourth-order valence-corrected chi connectivity index (χ4v) is 7.04. The second-order valence-electron chi connectivity index (χ2n) is 8.28. The lowest BCUT2D eigenvalue weighted by Crippen LogP contribution is -2.50. The third-order valence-corrected chi connectivity index (χ3v) is 8.27. The van der Waals surface area contributed by atoms with Crippen molar-refractivity contribution in [2.24, 2.45) is 11.8 Å². The van der Waals surface area contributed by atoms with E-state index in [1.54, 1.807) is 6.07 Å². The van der Waals surface area contributed by atoms with Gasteiger partial charge in [-0.05, 0) is 41.3 Å². The van der Waals surface area contributed by atoms with E-state index in [0.717, 1.165) is 22.3 Å². The van der Waals surface area contributed by atoms with Crippen LogP contribution in [0.1, 0.15) is 35.1 Å². The molecule has 4 nitrogen and oxygen atoms in total. The maximum Gasteiger partial charge on any atom is 0.239 e. The largest absolute Gasteiger partial charge is 0.492 e. The highest BCUT2D eigenvalue weighted by Gasteiger charge is 2.67. The molecule has 1 aliphatic heterocycles. The van der Waals surface area contributed by atoms with Crippen LogP contribution in [0.4, 0.5) is 5.69 Å². The van der Waals surface area contributed by atoms with Gasteiger partial charge >= 0.3 is 0 Å². The maximum absolute atomic E-state index is 13.9. The van der Waals surface area contributed by atoms with Crippen molar-refractivity contribution in [3.05, 3.63) is 95.1 Å². The molecule has 0 unspecified atom stereocenters. The van der Waals surface area contributed by atoms with Crippen molar-refractivity contribution in [3.8, 4) is 5.75 Å². The number of para-hydroxylation sites is 2. The molecule has 4 aliphatic rings. The second-order valence-corrected chi connectivity index (χ2v) is 9.53. The van der Waals surface area contributed by atoms with E-state index in [1.165, 1.54) is 4.90 Å². The van der Waals surface area contributed by atoms with E-state index in [2.05, 4.69) is 40.2 Å². The molecular weight excluding hydrogens is 454 g/mol. The molecule has 3 aliphatic carbocycles. The number of hydrogen-bond acceptors (Lipinski definition) is 3. The van der Waals surface area contributed by atoms with Crippen LogP contribution in [0.15, 0.2) is 72.8 Å². The summed E-state index contributed by atoms with van der Waals surface area (Å²) in [6.07, 6.45) is 0. The Bertz CT molecular complexity index is 1210. The number of carbonyl (C=O) groups is 2. The third kappa shape index (κ3) is 2.25. The summed E-state index contributed by atoms with van der Waals surface area (Å²) in [6, 6.07) is 23.7. The number of imide groups is 1. The summed E-state index contributed by atoms with van der Waals surface area (Å²) in [6.45, 7) is 2.35. The number of anilines is 1. The Morgan fingerprint density at radius 3 is 2.10 bits per heavy atom. The molecule has 1 saturated heterocycles. The number of carbonyl (C=O) groups excluding carboxylic acids is 2. The molecule has 7 rings (SSSR count). The van der Waals surface area contributed by atoms with E-state index in [4.69, 9.17) is 4.74 Å². The first-order valence-electron chi connectivity index (χ1n) is 10.6. The van der Waals surface area contributed by atoms with Gasteiger partial charge in [0.15, 0.2) is 0 Å². The van der Waals surface area contributed by atoms with E-state index in [9.17, 15) is 9.59 Å². The summed E-state index contributed by atoms with van der Waals surface area (Å²) >= 11 is 4.02. The van der Waals surface area contributed by atoms with Crippen molar-refractivity contribution in [2.75, 3.05) is 11.5 Å². The number of benzene rings is 3. The lowest BCUT2D eigenvalue weighted by Gasteiger charge is -2.51. The van der Waals surface area contributed by atoms with Crippen LogP contribution in [0.5, 0.6) is 5.75 Å². The lowest BCUT2D eigenvalue weighted by atomic mass is 9.55. The average molecular weight is 474 g/mol. The molecule has 0 radical (unpaired) electrons. The first kappa shape index (κ1) is 18.8. The number of amides is 2. The first-order chi connectivity index (χ1) is 15.1. The molecule has 1 fully saturated rings. The van der Waals surface area contributed by atoms with Gasteiger partial charge in [0, 0.05) is 5.92 Å². The smallest absolute Gasteiger partial charge is 0.239 e. The van der Waals surface area contributed by atoms with E-state index in [0.29, 0.717) is 18.0 Å². The molecule has 0 spiro atoms. The van der Waals surface area contributed by atoms with Crippen LogP contribution in [-0.2, 0) is 13.9 Å². The van der Waals surface area contributed by atoms with Crippen LogP contribution in [0.3, 0.4) is 0 Å². The summed E-state index contributed by atoms with van der Waals surface area (Å²) < 4.78 is 5.03. The van der Waals surface area contributed by atoms with Crippen molar-refractivity contribution in [2.45, 2.75) is 17.2 Å². The molecule has 0 aromatic heterocycles. The summed E-state index contributed by atoms with van der Waals surface area (Å²) in [5, 5.41) is 0. The minimum atomic E-state index is -0.734. The molecule has 5 heteroatoms. The fraction of sp³-hybridized carbons (Fsp3) is 0.231. The van der Waals surface area contributed by atoms with Gasteiger partial charge in [0.2, 0.25) is 11.8 Å². The Hall–Kier alpha value is -2.92. The summed E-state index contributed by atoms with van der Waals surface area (Å²) in [5.74, 6) is -0.877. The van der Waals surface area contributed by atoms with Gasteiger partial charge in [-0.3, -0.25) is 9.59 Å². The van der Waals surface area contributed by atoms with Gasteiger partial charge in [-0.1, -0.05) is 76.6 Å². The monoisotopic (exact) mass is 473 g/mol. The van der Waals surface area contributed by atoms with Crippen LogP contribution in [0.2, 0.25) is 0 Å². The Kier molecular flexibility index (Phi) is 3.97. The molecule has 2 amide bonds. The number of alkyl halides is 1. The van der Waals surface area contributed by atoms with Gasteiger partial charge < -0.3 is 4.74 Å². The third-order valence-electron chi connectivity index (χ3n) is 6.92. The first-order valence-corrected chi connectivity index (χ1v) is 11.4. The quantitative estimate of drug-likeness (QED) is 0.397. The topological polar surface area (TPSA) is 46.6 Å². The zero-order valence-electron chi connectivity index (χ0n) is 16.9. The highest BCUT2D eigenvalue weighted by Crippen LogP contribution is 2.66. The van der Waals surface area contributed by atoms with E-state index in [-0.39, 0.29) is 17.7 Å². The van der Waals surface area contributed by atoms with Gasteiger partial charge in [0.25, 0.3) is 0 Å². The van der Waals surface area contributed by atoms with Crippen molar-refractivity contribution in [1.29, 1.82) is 0 Å². The highest BCUT2D eigenvalue weighted by atomic mass is 79.9. The van der Waals surface area contributed by atoms with E-state index >= 15 is 0 Å². The molecular formula is C26H20BrNO3. The molecule has 2 atom stereocenters. The average Bonchev–Trinajstić information content (AvgIpc) is 3.06. The zero-order chi connectivity index (χ0) is 21.3. The number of rotatable bonds is 3. The molecule has 31 heavy (non-hydrogen) atoms. The van der Waals surface area contributed by atoms with Crippen LogP contribution >= 0.6 is 15.9 Å². The van der Waals surface area contributed by atoms with Gasteiger partial charge in [-0.15, -0.1) is 0 Å². The summed E-state index contributed by atoms with van der Waals surface area (Å²) in [4.78, 5) is 29.2. The van der Waals surface area contributed by atoms with Crippen molar-refractivity contribution in [1.82, 2.24) is 0 Å². The van der Waals surface area contributed by atoms with Gasteiger partial charge in [0.1, 0.15) is 5.75 Å². The minimum Gasteiger partial charge on any atom is -0.492 e.